The van der Waals surface area contributed by atoms with Crippen molar-refractivity contribution in [2.75, 3.05) is 39.9 Å². The summed E-state index contributed by atoms with van der Waals surface area (Å²) in [5.41, 5.74) is 0. The predicted molar refractivity (Wildman–Crippen MR) is 70.1 cm³/mol. The molecule has 0 aliphatic rings. The van der Waals surface area contributed by atoms with E-state index in [0.717, 1.165) is 13.3 Å². The summed E-state index contributed by atoms with van der Waals surface area (Å²) >= 11 is 0. The van der Waals surface area contributed by atoms with Gasteiger partial charge in [-0.3, -0.25) is 9.59 Å². The van der Waals surface area contributed by atoms with Crippen molar-refractivity contribution < 1.29 is 57.5 Å². The Morgan fingerprint density at radius 2 is 1.10 bits per heavy atom. The second kappa shape index (κ2) is 12.5. The second-order valence-electron chi connectivity index (χ2n) is 4.13. The molecule has 0 spiro atoms. The van der Waals surface area contributed by atoms with Gasteiger partial charge in [-0.05, 0) is 25.7 Å². The maximum Gasteiger partial charge on any atom is 2.00 e. The first-order valence-electron chi connectivity index (χ1n) is 5.60. The van der Waals surface area contributed by atoms with Gasteiger partial charge in [0.25, 0.3) is 0 Å². The molecule has 0 fully saturated rings. The van der Waals surface area contributed by atoms with Gasteiger partial charge >= 0.3 is 31.4 Å². The molecule has 0 saturated heterocycles. The second-order valence-corrected chi connectivity index (χ2v) is 9.08. The monoisotopic (exact) mass is 394 g/mol. The molecule has 2 atom stereocenters. The summed E-state index contributed by atoms with van der Waals surface area (Å²) in [6.07, 6.45) is -0.319. The normalized spacial score (nSPS) is 15.1. The van der Waals surface area contributed by atoms with E-state index in [4.69, 9.17) is 0 Å². The van der Waals surface area contributed by atoms with E-state index in [1.165, 1.54) is 14.2 Å². The van der Waals surface area contributed by atoms with Crippen LogP contribution in [-0.2, 0) is 47.7 Å². The fourth-order valence-corrected chi connectivity index (χ4v) is 1.97. The molecule has 0 aliphatic carbocycles. The number of hydrogen-bond donors (Lipinski definition) is 0. The van der Waals surface area contributed by atoms with Crippen molar-refractivity contribution in [1.82, 2.24) is 0 Å². The maximum absolute atomic E-state index is 10.5. The minimum Gasteiger partial charge on any atom is -0.799 e. The Hall–Kier alpha value is -0.0566. The standard InChI is InChI=1S/2C5H11O4P.Zn/c2*1-9-5(6)3-4-10(2,7)8;/h2*3-4H2,1-2H3,(H,7,8);/q;;+2/p-2. The largest absolute Gasteiger partial charge is 2.00 e. The summed E-state index contributed by atoms with van der Waals surface area (Å²) in [7, 11) is -4.11. The van der Waals surface area contributed by atoms with Gasteiger partial charge in [0.2, 0.25) is 0 Å². The fraction of sp³-hybridized carbons (Fsp3) is 0.800. The number of esters is 2. The Morgan fingerprint density at radius 1 is 0.857 bits per heavy atom. The summed E-state index contributed by atoms with van der Waals surface area (Å²) in [6, 6.07) is 0. The van der Waals surface area contributed by atoms with Crippen LogP contribution in [0.15, 0.2) is 0 Å². The first kappa shape index (κ1) is 25.9. The molecule has 11 heteroatoms. The van der Waals surface area contributed by atoms with E-state index < -0.39 is 26.7 Å². The molecular formula is C10H20O8P2Zn. The summed E-state index contributed by atoms with van der Waals surface area (Å²) in [4.78, 5) is 41.7. The zero-order valence-electron chi connectivity index (χ0n) is 12.7. The van der Waals surface area contributed by atoms with Crippen molar-refractivity contribution >= 4 is 26.7 Å². The van der Waals surface area contributed by atoms with Crippen LogP contribution in [0.4, 0.5) is 0 Å². The molecule has 0 saturated carbocycles. The SMILES string of the molecule is COC(=O)CCP(C)(=O)[O-].COC(=O)CCP(C)(=O)[O-].[Zn+2]. The third-order valence-corrected chi connectivity index (χ3v) is 3.97. The van der Waals surface area contributed by atoms with Gasteiger partial charge in [0, 0.05) is 14.7 Å². The van der Waals surface area contributed by atoms with Crippen LogP contribution in [0.5, 0.6) is 0 Å². The third-order valence-electron chi connectivity index (χ3n) is 1.90. The molecule has 2 unspecified atom stereocenters. The van der Waals surface area contributed by atoms with E-state index in [2.05, 4.69) is 9.47 Å². The van der Waals surface area contributed by atoms with Crippen molar-refractivity contribution in [2.45, 2.75) is 12.8 Å². The quantitative estimate of drug-likeness (QED) is 0.338. The topological polar surface area (TPSA) is 133 Å². The van der Waals surface area contributed by atoms with Crippen LogP contribution < -0.4 is 9.79 Å². The van der Waals surface area contributed by atoms with Crippen LogP contribution in [0.25, 0.3) is 0 Å². The van der Waals surface area contributed by atoms with Gasteiger partial charge < -0.3 is 28.4 Å². The van der Waals surface area contributed by atoms with Gasteiger partial charge in [0.1, 0.15) is 0 Å². The average molecular weight is 396 g/mol. The fourth-order valence-electron chi connectivity index (χ4n) is 0.793. The first-order valence-corrected chi connectivity index (χ1v) is 10.1. The number of ether oxygens (including phenoxy) is 2. The molecule has 0 aromatic carbocycles. The van der Waals surface area contributed by atoms with Gasteiger partial charge in [-0.15, -0.1) is 0 Å². The van der Waals surface area contributed by atoms with Crippen LogP contribution in [0.3, 0.4) is 0 Å². The molecule has 0 bridgehead atoms. The Bertz CT molecular complexity index is 362. The van der Waals surface area contributed by atoms with Crippen molar-refractivity contribution in [2.24, 2.45) is 0 Å². The average Bonchev–Trinajstić information content (AvgIpc) is 2.31. The molecule has 0 aliphatic heterocycles. The zero-order chi connectivity index (χ0) is 16.4. The Kier molecular flexibility index (Phi) is 15.4. The van der Waals surface area contributed by atoms with Crippen LogP contribution in [0.1, 0.15) is 12.8 Å². The summed E-state index contributed by atoms with van der Waals surface area (Å²) < 4.78 is 29.4. The van der Waals surface area contributed by atoms with E-state index in [1.54, 1.807) is 0 Å². The van der Waals surface area contributed by atoms with Gasteiger partial charge in [-0.2, -0.15) is 0 Å². The van der Waals surface area contributed by atoms with Crippen molar-refractivity contribution in [1.29, 1.82) is 0 Å². The number of rotatable bonds is 6. The Labute approximate surface area is 137 Å². The number of carbonyl (C=O) groups is 2. The molecule has 21 heavy (non-hydrogen) atoms. The van der Waals surface area contributed by atoms with Crippen LogP contribution in [0, 0.1) is 0 Å². The van der Waals surface area contributed by atoms with E-state index in [0.29, 0.717) is 0 Å². The molecular weight excluding hydrogens is 375 g/mol. The van der Waals surface area contributed by atoms with Crippen molar-refractivity contribution in [3.8, 4) is 0 Å². The van der Waals surface area contributed by atoms with E-state index >= 15 is 0 Å². The smallest absolute Gasteiger partial charge is 0.799 e. The molecule has 0 aromatic rings. The Balaban J connectivity index is -0.000000295. The number of carbonyl (C=O) groups excluding carboxylic acids is 2. The van der Waals surface area contributed by atoms with E-state index in [-0.39, 0.29) is 44.6 Å². The molecule has 0 rings (SSSR count). The van der Waals surface area contributed by atoms with Gasteiger partial charge in [0.15, 0.2) is 0 Å². The van der Waals surface area contributed by atoms with Gasteiger partial charge in [-0.1, -0.05) is 0 Å². The van der Waals surface area contributed by atoms with Gasteiger partial charge in [0.05, 0.1) is 27.1 Å². The number of hydrogen-bond acceptors (Lipinski definition) is 8. The van der Waals surface area contributed by atoms with Crippen LogP contribution in [0.2, 0.25) is 0 Å². The molecule has 0 aromatic heterocycles. The number of methoxy groups -OCH3 is 2. The predicted octanol–water partition coefficient (Wildman–Crippen LogP) is -0.367. The summed E-state index contributed by atoms with van der Waals surface area (Å²) in [6.45, 7) is 2.21. The van der Waals surface area contributed by atoms with Crippen LogP contribution in [-0.4, -0.2) is 51.8 Å². The first-order chi connectivity index (χ1) is 8.91. The van der Waals surface area contributed by atoms with E-state index in [1.807, 2.05) is 0 Å². The summed E-state index contributed by atoms with van der Waals surface area (Å²) in [5, 5.41) is 0. The van der Waals surface area contributed by atoms with E-state index in [9.17, 15) is 28.5 Å². The summed E-state index contributed by atoms with van der Waals surface area (Å²) in [5.74, 6) is -0.976. The van der Waals surface area contributed by atoms with Crippen LogP contribution >= 0.6 is 14.7 Å². The minimum absolute atomic E-state index is 0. The molecule has 0 heterocycles. The third kappa shape index (κ3) is 25.3. The molecule has 120 valence electrons. The molecule has 0 radical (unpaired) electrons. The Morgan fingerprint density at radius 3 is 1.24 bits per heavy atom. The maximum atomic E-state index is 10.5. The molecule has 8 nitrogen and oxygen atoms in total. The minimum atomic E-state index is -3.28. The van der Waals surface area contributed by atoms with Gasteiger partial charge in [-0.25, -0.2) is 0 Å². The molecule has 0 N–H and O–H groups in total. The zero-order valence-corrected chi connectivity index (χ0v) is 17.5. The van der Waals surface area contributed by atoms with Crippen molar-refractivity contribution in [3.05, 3.63) is 0 Å². The van der Waals surface area contributed by atoms with Crippen molar-refractivity contribution in [3.63, 3.8) is 0 Å². The molecule has 0 amide bonds.